The summed E-state index contributed by atoms with van der Waals surface area (Å²) in [6.45, 7) is 1.67. The van der Waals surface area contributed by atoms with Gasteiger partial charge in [0.15, 0.2) is 0 Å². The van der Waals surface area contributed by atoms with Crippen molar-refractivity contribution in [1.29, 1.82) is 0 Å². The molecule has 4 nitrogen and oxygen atoms in total. The zero-order valence-corrected chi connectivity index (χ0v) is 13.0. The normalized spacial score (nSPS) is 10.3. The average Bonchev–Trinajstić information content (AvgIpc) is 2.59. The monoisotopic (exact) mass is 299 g/mol. The highest BCUT2D eigenvalue weighted by Crippen LogP contribution is 2.11. The fraction of sp³-hybridized carbons (Fsp3) is 0.278. The molecule has 0 radical (unpaired) electrons. The minimum Gasteiger partial charge on any atom is -0.497 e. The van der Waals surface area contributed by atoms with E-state index in [2.05, 4.69) is 22.2 Å². The number of ether oxygens (including phenoxy) is 2. The molecule has 0 aliphatic rings. The Morgan fingerprint density at radius 3 is 2.18 bits per heavy atom. The predicted octanol–water partition coefficient (Wildman–Crippen LogP) is 2.81. The lowest BCUT2D eigenvalue weighted by Gasteiger charge is -2.07. The highest BCUT2D eigenvalue weighted by molar-refractivity contribution is 5.89. The summed E-state index contributed by atoms with van der Waals surface area (Å²) >= 11 is 0. The third-order valence-electron chi connectivity index (χ3n) is 3.45. The molecule has 4 heteroatoms. The first-order valence-electron chi connectivity index (χ1n) is 7.24. The summed E-state index contributed by atoms with van der Waals surface area (Å²) in [5, 5.41) is 3.39. The molecule has 0 aliphatic carbocycles. The molecule has 2 aromatic carbocycles. The van der Waals surface area contributed by atoms with Gasteiger partial charge in [0.1, 0.15) is 5.75 Å². The van der Waals surface area contributed by atoms with E-state index in [-0.39, 0.29) is 5.97 Å². The third kappa shape index (κ3) is 4.60. The molecule has 0 amide bonds. The van der Waals surface area contributed by atoms with Crippen LogP contribution in [0.25, 0.3) is 0 Å². The van der Waals surface area contributed by atoms with Gasteiger partial charge in [-0.2, -0.15) is 0 Å². The highest BCUT2D eigenvalue weighted by Gasteiger charge is 2.03. The standard InChI is InChI=1S/C18H21NO3/c1-21-17-9-5-14(6-10-17)11-12-19-13-15-3-7-16(8-4-15)18(20)22-2/h3-10,19H,11-13H2,1-2H3. The molecule has 0 fully saturated rings. The first kappa shape index (κ1) is 16.0. The smallest absolute Gasteiger partial charge is 0.337 e. The van der Waals surface area contributed by atoms with E-state index in [0.29, 0.717) is 5.56 Å². The lowest BCUT2D eigenvalue weighted by atomic mass is 10.1. The summed E-state index contributed by atoms with van der Waals surface area (Å²) in [4.78, 5) is 11.3. The van der Waals surface area contributed by atoms with E-state index in [4.69, 9.17) is 4.74 Å². The van der Waals surface area contributed by atoms with Gasteiger partial charge in [0.05, 0.1) is 19.8 Å². The van der Waals surface area contributed by atoms with E-state index in [1.807, 2.05) is 24.3 Å². The van der Waals surface area contributed by atoms with Gasteiger partial charge in [0, 0.05) is 6.54 Å². The quantitative estimate of drug-likeness (QED) is 0.631. The molecule has 0 saturated heterocycles. The van der Waals surface area contributed by atoms with Crippen LogP contribution in [0.5, 0.6) is 5.75 Å². The topological polar surface area (TPSA) is 47.6 Å². The van der Waals surface area contributed by atoms with Gasteiger partial charge in [-0.3, -0.25) is 0 Å². The number of hydrogen-bond acceptors (Lipinski definition) is 4. The highest BCUT2D eigenvalue weighted by atomic mass is 16.5. The maximum atomic E-state index is 11.3. The molecule has 2 aromatic rings. The number of carbonyl (C=O) groups excluding carboxylic acids is 1. The van der Waals surface area contributed by atoms with E-state index in [1.165, 1.54) is 12.7 Å². The molecular formula is C18H21NO3. The van der Waals surface area contributed by atoms with Crippen LogP contribution in [0.4, 0.5) is 0 Å². The summed E-state index contributed by atoms with van der Waals surface area (Å²) in [6, 6.07) is 15.5. The minimum absolute atomic E-state index is 0.306. The average molecular weight is 299 g/mol. The van der Waals surface area contributed by atoms with Crippen molar-refractivity contribution >= 4 is 5.97 Å². The fourth-order valence-corrected chi connectivity index (χ4v) is 2.13. The maximum Gasteiger partial charge on any atom is 0.337 e. The van der Waals surface area contributed by atoms with Gasteiger partial charge in [0.2, 0.25) is 0 Å². The number of esters is 1. The molecule has 0 unspecified atom stereocenters. The Hall–Kier alpha value is -2.33. The second-order valence-electron chi connectivity index (χ2n) is 4.96. The Bertz CT molecular complexity index is 591. The molecule has 0 heterocycles. The van der Waals surface area contributed by atoms with Crippen molar-refractivity contribution in [1.82, 2.24) is 5.32 Å². The Morgan fingerprint density at radius 2 is 1.59 bits per heavy atom. The van der Waals surface area contributed by atoms with Gasteiger partial charge in [-0.15, -0.1) is 0 Å². The van der Waals surface area contributed by atoms with E-state index in [0.717, 1.165) is 30.8 Å². The second kappa shape index (κ2) is 8.20. The van der Waals surface area contributed by atoms with Crippen molar-refractivity contribution in [2.45, 2.75) is 13.0 Å². The van der Waals surface area contributed by atoms with E-state index in [9.17, 15) is 4.79 Å². The Kier molecular flexibility index (Phi) is 5.98. The van der Waals surface area contributed by atoms with Crippen molar-refractivity contribution in [2.24, 2.45) is 0 Å². The molecule has 0 atom stereocenters. The van der Waals surface area contributed by atoms with E-state index >= 15 is 0 Å². The summed E-state index contributed by atoms with van der Waals surface area (Å²) in [7, 11) is 3.05. The Balaban J connectivity index is 1.75. The largest absolute Gasteiger partial charge is 0.497 e. The second-order valence-corrected chi connectivity index (χ2v) is 4.96. The molecule has 116 valence electrons. The molecule has 0 bridgehead atoms. The van der Waals surface area contributed by atoms with Gasteiger partial charge in [-0.05, 0) is 48.4 Å². The van der Waals surface area contributed by atoms with Crippen molar-refractivity contribution in [3.63, 3.8) is 0 Å². The Morgan fingerprint density at radius 1 is 0.955 bits per heavy atom. The maximum absolute atomic E-state index is 11.3. The van der Waals surface area contributed by atoms with Crippen molar-refractivity contribution in [3.8, 4) is 5.75 Å². The first-order valence-corrected chi connectivity index (χ1v) is 7.24. The van der Waals surface area contributed by atoms with E-state index < -0.39 is 0 Å². The molecular weight excluding hydrogens is 278 g/mol. The number of benzene rings is 2. The summed E-state index contributed by atoms with van der Waals surface area (Å²) < 4.78 is 9.82. The number of methoxy groups -OCH3 is 2. The van der Waals surface area contributed by atoms with Crippen LogP contribution in [0, 0.1) is 0 Å². The minimum atomic E-state index is -0.306. The zero-order valence-electron chi connectivity index (χ0n) is 13.0. The van der Waals surface area contributed by atoms with Crippen LogP contribution in [0.1, 0.15) is 21.5 Å². The van der Waals surface area contributed by atoms with Gasteiger partial charge < -0.3 is 14.8 Å². The molecule has 0 spiro atoms. The molecule has 2 rings (SSSR count). The number of rotatable bonds is 7. The van der Waals surface area contributed by atoms with Gasteiger partial charge >= 0.3 is 5.97 Å². The first-order chi connectivity index (χ1) is 10.7. The summed E-state index contributed by atoms with van der Waals surface area (Å²) in [5.41, 5.74) is 2.99. The van der Waals surface area contributed by atoms with Crippen LogP contribution in [-0.2, 0) is 17.7 Å². The van der Waals surface area contributed by atoms with Crippen LogP contribution >= 0.6 is 0 Å². The van der Waals surface area contributed by atoms with E-state index in [1.54, 1.807) is 19.2 Å². The van der Waals surface area contributed by atoms with Crippen molar-refractivity contribution in [3.05, 3.63) is 65.2 Å². The summed E-state index contributed by atoms with van der Waals surface area (Å²) in [6.07, 6.45) is 0.963. The molecule has 0 saturated carbocycles. The number of carbonyl (C=O) groups is 1. The number of nitrogens with one attached hydrogen (secondary N) is 1. The van der Waals surface area contributed by atoms with Crippen LogP contribution in [0.3, 0.4) is 0 Å². The van der Waals surface area contributed by atoms with Crippen molar-refractivity contribution in [2.75, 3.05) is 20.8 Å². The Labute approximate surface area is 131 Å². The number of hydrogen-bond donors (Lipinski definition) is 1. The van der Waals surface area contributed by atoms with Crippen LogP contribution in [0.2, 0.25) is 0 Å². The van der Waals surface area contributed by atoms with Crippen LogP contribution in [-0.4, -0.2) is 26.7 Å². The van der Waals surface area contributed by atoms with Crippen LogP contribution in [0.15, 0.2) is 48.5 Å². The van der Waals surface area contributed by atoms with Crippen LogP contribution < -0.4 is 10.1 Å². The lowest BCUT2D eigenvalue weighted by Crippen LogP contribution is -2.16. The predicted molar refractivity (Wildman–Crippen MR) is 86.2 cm³/mol. The summed E-state index contributed by atoms with van der Waals surface area (Å²) in [5.74, 6) is 0.571. The van der Waals surface area contributed by atoms with Gasteiger partial charge in [0.25, 0.3) is 0 Å². The fourth-order valence-electron chi connectivity index (χ4n) is 2.13. The van der Waals surface area contributed by atoms with Crippen molar-refractivity contribution < 1.29 is 14.3 Å². The SMILES string of the molecule is COC(=O)c1ccc(CNCCc2ccc(OC)cc2)cc1. The molecule has 0 aliphatic heterocycles. The molecule has 22 heavy (non-hydrogen) atoms. The zero-order chi connectivity index (χ0) is 15.8. The molecule has 0 aromatic heterocycles. The lowest BCUT2D eigenvalue weighted by molar-refractivity contribution is 0.0600. The third-order valence-corrected chi connectivity index (χ3v) is 3.45. The molecule has 1 N–H and O–H groups in total. The van der Waals surface area contributed by atoms with Gasteiger partial charge in [-0.1, -0.05) is 24.3 Å². The van der Waals surface area contributed by atoms with Gasteiger partial charge in [-0.25, -0.2) is 4.79 Å².